The second-order valence-electron chi connectivity index (χ2n) is 8.51. The third-order valence-electron chi connectivity index (χ3n) is 6.34. The van der Waals surface area contributed by atoms with Crippen molar-refractivity contribution in [1.82, 2.24) is 34.1 Å². The number of imidazole rings is 1. The highest BCUT2D eigenvalue weighted by Crippen LogP contribution is 2.40. The van der Waals surface area contributed by atoms with E-state index in [-0.39, 0.29) is 12.1 Å². The summed E-state index contributed by atoms with van der Waals surface area (Å²) in [6.07, 6.45) is 15.1. The molecule has 0 saturated heterocycles. The van der Waals surface area contributed by atoms with E-state index in [4.69, 9.17) is 14.8 Å². The van der Waals surface area contributed by atoms with E-state index in [1.807, 2.05) is 53.1 Å². The monoisotopic (exact) mass is 452 g/mol. The molecule has 0 atom stereocenters. The van der Waals surface area contributed by atoms with Crippen molar-refractivity contribution in [2.45, 2.75) is 25.0 Å². The van der Waals surface area contributed by atoms with Gasteiger partial charge in [0.05, 0.1) is 6.10 Å². The van der Waals surface area contributed by atoms with Crippen molar-refractivity contribution in [3.8, 4) is 33.9 Å². The number of ether oxygens (including phenoxy) is 1. The predicted molar refractivity (Wildman–Crippen MR) is 129 cm³/mol. The summed E-state index contributed by atoms with van der Waals surface area (Å²) < 4.78 is 9.31. The molecule has 1 saturated carbocycles. The molecule has 0 aromatic carbocycles. The van der Waals surface area contributed by atoms with Crippen LogP contribution in [0.2, 0.25) is 0 Å². The maximum Gasteiger partial charge on any atom is 0.218 e. The molecule has 6 rings (SSSR count). The third-order valence-corrected chi connectivity index (χ3v) is 6.34. The summed E-state index contributed by atoms with van der Waals surface area (Å²) in [6, 6.07) is 8.27. The number of aryl methyl sites for hydroxylation is 1. The second kappa shape index (κ2) is 8.35. The van der Waals surface area contributed by atoms with E-state index >= 15 is 0 Å². The lowest BCUT2D eigenvalue weighted by Gasteiger charge is -2.35. The summed E-state index contributed by atoms with van der Waals surface area (Å²) in [6.45, 7) is 0. The van der Waals surface area contributed by atoms with Crippen molar-refractivity contribution in [2.24, 2.45) is 7.05 Å². The van der Waals surface area contributed by atoms with Crippen molar-refractivity contribution in [3.05, 3.63) is 67.6 Å². The van der Waals surface area contributed by atoms with E-state index < -0.39 is 0 Å². The zero-order valence-corrected chi connectivity index (χ0v) is 19.0. The topological polar surface area (TPSA) is 95.0 Å². The van der Waals surface area contributed by atoms with E-state index in [0.717, 1.165) is 46.4 Å². The van der Waals surface area contributed by atoms with Crippen molar-refractivity contribution in [2.75, 3.05) is 12.4 Å². The van der Waals surface area contributed by atoms with Crippen LogP contribution in [-0.4, -0.2) is 53.4 Å². The van der Waals surface area contributed by atoms with Crippen LogP contribution in [0.1, 0.15) is 12.8 Å². The Balaban J connectivity index is 1.60. The normalized spacial score (nSPS) is 17.6. The van der Waals surface area contributed by atoms with Gasteiger partial charge in [-0.1, -0.05) is 12.1 Å². The molecule has 9 heteroatoms. The maximum absolute atomic E-state index is 5.49. The number of anilines is 1. The van der Waals surface area contributed by atoms with Crippen LogP contribution in [0, 0.1) is 0 Å². The van der Waals surface area contributed by atoms with Crippen molar-refractivity contribution >= 4 is 11.3 Å². The molecule has 170 valence electrons. The first kappa shape index (κ1) is 20.5. The second-order valence-corrected chi connectivity index (χ2v) is 8.51. The zero-order valence-electron chi connectivity index (χ0n) is 19.0. The first-order valence-electron chi connectivity index (χ1n) is 11.2. The number of fused-ring (bicyclic) bond motifs is 1. The third kappa shape index (κ3) is 3.50. The molecule has 34 heavy (non-hydrogen) atoms. The van der Waals surface area contributed by atoms with Crippen LogP contribution in [0.3, 0.4) is 0 Å². The van der Waals surface area contributed by atoms with Gasteiger partial charge < -0.3 is 14.6 Å². The summed E-state index contributed by atoms with van der Waals surface area (Å²) in [5.41, 5.74) is 4.91. The minimum absolute atomic E-state index is 0.274. The number of methoxy groups -OCH3 is 1. The molecule has 1 fully saturated rings. The van der Waals surface area contributed by atoms with Gasteiger partial charge in [-0.3, -0.25) is 9.97 Å². The molecule has 9 nitrogen and oxygen atoms in total. The number of hydrogen-bond acceptors (Lipinski definition) is 7. The first-order valence-corrected chi connectivity index (χ1v) is 11.2. The van der Waals surface area contributed by atoms with Crippen LogP contribution >= 0.6 is 0 Å². The first-order chi connectivity index (χ1) is 16.7. The van der Waals surface area contributed by atoms with Gasteiger partial charge in [0.25, 0.3) is 0 Å². The quantitative estimate of drug-likeness (QED) is 0.418. The van der Waals surface area contributed by atoms with Gasteiger partial charge >= 0.3 is 0 Å². The summed E-state index contributed by atoms with van der Waals surface area (Å²) in [4.78, 5) is 18.2. The lowest BCUT2D eigenvalue weighted by atomic mass is 9.89. The van der Waals surface area contributed by atoms with E-state index in [9.17, 15) is 0 Å². The van der Waals surface area contributed by atoms with Gasteiger partial charge in [-0.2, -0.15) is 0 Å². The van der Waals surface area contributed by atoms with E-state index in [1.165, 1.54) is 0 Å². The fraction of sp³-hybridized carbons (Fsp3) is 0.240. The number of aromatic nitrogens is 7. The highest BCUT2D eigenvalue weighted by molar-refractivity contribution is 5.98. The minimum Gasteiger partial charge on any atom is -0.381 e. The predicted octanol–water partition coefficient (Wildman–Crippen LogP) is 3.84. The molecule has 1 aliphatic carbocycles. The number of pyridine rings is 2. The van der Waals surface area contributed by atoms with E-state index in [2.05, 4.69) is 32.4 Å². The molecule has 1 N–H and O–H groups in total. The average Bonchev–Trinajstić information content (AvgIpc) is 3.45. The van der Waals surface area contributed by atoms with E-state index in [1.54, 1.807) is 25.7 Å². The van der Waals surface area contributed by atoms with Crippen LogP contribution in [0.15, 0.2) is 67.6 Å². The van der Waals surface area contributed by atoms with Crippen LogP contribution in [0.5, 0.6) is 0 Å². The highest BCUT2D eigenvalue weighted by Gasteiger charge is 2.31. The average molecular weight is 453 g/mol. The number of rotatable bonds is 6. The lowest BCUT2D eigenvalue weighted by molar-refractivity contribution is 0.0328. The molecule has 0 spiro atoms. The van der Waals surface area contributed by atoms with Crippen LogP contribution < -0.4 is 5.32 Å². The number of hydrogen-bond donors (Lipinski definition) is 1. The fourth-order valence-corrected chi connectivity index (χ4v) is 4.47. The molecule has 0 unspecified atom stereocenters. The molecular weight excluding hydrogens is 428 g/mol. The van der Waals surface area contributed by atoms with Gasteiger partial charge in [0, 0.05) is 85.8 Å². The highest BCUT2D eigenvalue weighted by atomic mass is 16.5. The van der Waals surface area contributed by atoms with Crippen LogP contribution in [0.4, 0.5) is 5.82 Å². The van der Waals surface area contributed by atoms with Gasteiger partial charge in [0.2, 0.25) is 5.82 Å². The Bertz CT molecular complexity index is 1440. The van der Waals surface area contributed by atoms with Crippen molar-refractivity contribution in [1.29, 1.82) is 0 Å². The lowest BCUT2D eigenvalue weighted by Crippen LogP contribution is -2.40. The Labute approximate surface area is 196 Å². The maximum atomic E-state index is 5.49. The molecule has 0 amide bonds. The SMILES string of the molecule is COC1CC(Nc2nc(-c3nccn3C)nn3cc(-c4cccnc4)c(-c4cccnc4)c23)C1. The zero-order chi connectivity index (χ0) is 23.1. The largest absolute Gasteiger partial charge is 0.381 e. The van der Waals surface area contributed by atoms with Gasteiger partial charge in [-0.05, 0) is 25.0 Å². The molecule has 0 bridgehead atoms. The number of nitrogens with one attached hydrogen (secondary N) is 1. The summed E-state index contributed by atoms with van der Waals surface area (Å²) in [7, 11) is 3.70. The van der Waals surface area contributed by atoms with Gasteiger partial charge in [0.1, 0.15) is 5.52 Å². The van der Waals surface area contributed by atoms with Gasteiger partial charge in [-0.25, -0.2) is 14.5 Å². The van der Waals surface area contributed by atoms with Crippen LogP contribution in [-0.2, 0) is 11.8 Å². The fourth-order valence-electron chi connectivity index (χ4n) is 4.47. The summed E-state index contributed by atoms with van der Waals surface area (Å²) in [5.74, 6) is 2.02. The van der Waals surface area contributed by atoms with Gasteiger partial charge in [0.15, 0.2) is 11.6 Å². The Morgan fingerprint density at radius 1 is 1.03 bits per heavy atom. The Morgan fingerprint density at radius 3 is 2.44 bits per heavy atom. The summed E-state index contributed by atoms with van der Waals surface area (Å²) >= 11 is 0. The van der Waals surface area contributed by atoms with E-state index in [0.29, 0.717) is 11.6 Å². The van der Waals surface area contributed by atoms with Crippen molar-refractivity contribution < 1.29 is 4.74 Å². The molecule has 0 aliphatic heterocycles. The standard InChI is InChI=1S/C25H24N8O/c1-32-10-9-28-25(32)24-30-23(29-18-11-19(12-18)34-2)22-21(17-6-4-8-27-14-17)20(15-33(22)31-24)16-5-3-7-26-13-16/h3-10,13-15,18-19H,11-12H2,1-2H3,(H,29,30,31). The smallest absolute Gasteiger partial charge is 0.218 e. The molecule has 5 aromatic heterocycles. The minimum atomic E-state index is 0.274. The van der Waals surface area contributed by atoms with Crippen LogP contribution in [0.25, 0.3) is 39.4 Å². The molecule has 5 heterocycles. The molecule has 0 radical (unpaired) electrons. The Hall–Kier alpha value is -4.11. The summed E-state index contributed by atoms with van der Waals surface area (Å²) in [5, 5.41) is 8.53. The Morgan fingerprint density at radius 2 is 1.79 bits per heavy atom. The number of nitrogens with zero attached hydrogens (tertiary/aromatic N) is 7. The molecule has 1 aliphatic rings. The van der Waals surface area contributed by atoms with Crippen molar-refractivity contribution in [3.63, 3.8) is 0 Å². The Kier molecular flexibility index (Phi) is 5.03. The molecule has 5 aromatic rings. The van der Waals surface area contributed by atoms with Gasteiger partial charge in [-0.15, -0.1) is 5.10 Å². The molecular formula is C25H24N8O.